The third-order valence-electron chi connectivity index (χ3n) is 11.9. The Morgan fingerprint density at radius 2 is 0.712 bits per heavy atom. The zero-order valence-electron chi connectivity index (χ0n) is 32.1. The van der Waals surface area contributed by atoms with Gasteiger partial charge in [-0.3, -0.25) is 4.57 Å². The van der Waals surface area contributed by atoms with Crippen molar-refractivity contribution in [3.05, 3.63) is 218 Å². The van der Waals surface area contributed by atoms with Crippen molar-refractivity contribution >= 4 is 54.6 Å². The second kappa shape index (κ2) is 13.3. The molecule has 0 atom stereocenters. The highest BCUT2D eigenvalue weighted by molar-refractivity contribution is 6.19. The first-order chi connectivity index (χ1) is 29.3. The van der Waals surface area contributed by atoms with Crippen molar-refractivity contribution < 1.29 is 0 Å². The zero-order valence-corrected chi connectivity index (χ0v) is 32.1. The lowest BCUT2D eigenvalue weighted by Crippen LogP contribution is -1.99. The lowest BCUT2D eigenvalue weighted by atomic mass is 10.00. The highest BCUT2D eigenvalue weighted by atomic mass is 15.1. The molecule has 12 rings (SSSR count). The maximum atomic E-state index is 5.08. The van der Waals surface area contributed by atoms with Gasteiger partial charge in [0.2, 0.25) is 0 Å². The van der Waals surface area contributed by atoms with Crippen LogP contribution in [-0.2, 0) is 0 Å². The molecular formula is C55H36N4. The predicted molar refractivity (Wildman–Crippen MR) is 246 cm³/mol. The molecule has 3 heterocycles. The molecule has 0 aliphatic rings. The van der Waals surface area contributed by atoms with Crippen LogP contribution in [0.4, 0.5) is 0 Å². The molecule has 59 heavy (non-hydrogen) atoms. The van der Waals surface area contributed by atoms with Gasteiger partial charge in [-0.05, 0) is 95.1 Å². The third kappa shape index (κ3) is 5.34. The molecule has 0 aliphatic carbocycles. The van der Waals surface area contributed by atoms with Crippen LogP contribution >= 0.6 is 0 Å². The van der Waals surface area contributed by atoms with E-state index in [1.165, 1.54) is 65.9 Å². The minimum absolute atomic E-state index is 0.932. The number of nitrogens with zero attached hydrogens (tertiary/aromatic N) is 4. The SMILES string of the molecule is c1ccc(-c2ccc(-c3cccc(-n4c5ccccc5c5cc6c(cc54)c4ccccc4n6-c4ccc(-n5c(-c6ccccc6)nc6ccccc65)cc4)c3)cc2)cc1. The summed E-state index contributed by atoms with van der Waals surface area (Å²) in [6, 6.07) is 78.6. The van der Waals surface area contributed by atoms with Crippen LogP contribution in [0, 0.1) is 0 Å². The molecule has 0 spiro atoms. The summed E-state index contributed by atoms with van der Waals surface area (Å²) >= 11 is 0. The van der Waals surface area contributed by atoms with Crippen molar-refractivity contribution in [2.24, 2.45) is 0 Å². The lowest BCUT2D eigenvalue weighted by Gasteiger charge is -2.13. The number of imidazole rings is 1. The zero-order chi connectivity index (χ0) is 38.9. The topological polar surface area (TPSA) is 27.7 Å². The van der Waals surface area contributed by atoms with E-state index in [1.54, 1.807) is 0 Å². The van der Waals surface area contributed by atoms with Crippen molar-refractivity contribution in [1.29, 1.82) is 0 Å². The van der Waals surface area contributed by atoms with Gasteiger partial charge in [-0.25, -0.2) is 4.98 Å². The molecule has 0 bridgehead atoms. The number of hydrogen-bond acceptors (Lipinski definition) is 1. The Morgan fingerprint density at radius 3 is 1.34 bits per heavy atom. The molecule has 0 saturated heterocycles. The maximum absolute atomic E-state index is 5.08. The molecule has 276 valence electrons. The van der Waals surface area contributed by atoms with E-state index in [0.29, 0.717) is 0 Å². The average molecular weight is 753 g/mol. The smallest absolute Gasteiger partial charge is 0.145 e. The van der Waals surface area contributed by atoms with Crippen LogP contribution in [0.5, 0.6) is 0 Å². The van der Waals surface area contributed by atoms with E-state index >= 15 is 0 Å². The Balaban J connectivity index is 1.01. The van der Waals surface area contributed by atoms with E-state index in [2.05, 4.69) is 226 Å². The Hall–Kier alpha value is -7.95. The molecule has 4 heteroatoms. The van der Waals surface area contributed by atoms with Crippen LogP contribution in [0.2, 0.25) is 0 Å². The molecular weight excluding hydrogens is 717 g/mol. The van der Waals surface area contributed by atoms with Crippen molar-refractivity contribution in [3.8, 4) is 50.7 Å². The fraction of sp³-hybridized carbons (Fsp3) is 0. The van der Waals surface area contributed by atoms with Gasteiger partial charge in [0.05, 0.1) is 33.1 Å². The van der Waals surface area contributed by atoms with E-state index in [4.69, 9.17) is 4.98 Å². The third-order valence-corrected chi connectivity index (χ3v) is 11.9. The predicted octanol–water partition coefficient (Wildman–Crippen LogP) is 14.2. The molecule has 0 fully saturated rings. The first-order valence-electron chi connectivity index (χ1n) is 20.1. The van der Waals surface area contributed by atoms with Gasteiger partial charge < -0.3 is 9.13 Å². The van der Waals surface area contributed by atoms with Crippen molar-refractivity contribution in [2.45, 2.75) is 0 Å². The van der Waals surface area contributed by atoms with Crippen LogP contribution in [0.15, 0.2) is 218 Å². The second-order valence-electron chi connectivity index (χ2n) is 15.2. The number of aromatic nitrogens is 4. The largest absolute Gasteiger partial charge is 0.309 e. The molecule has 12 aromatic rings. The normalized spacial score (nSPS) is 11.7. The van der Waals surface area contributed by atoms with E-state index in [9.17, 15) is 0 Å². The highest BCUT2D eigenvalue weighted by Gasteiger charge is 2.20. The standard InChI is InChI=1S/C55H36N4/c1-3-14-37(15-4-1)38-26-28-39(29-27-38)41-18-13-19-44(34-41)58-51-24-11-8-21-46(51)48-35-53-47(36-54(48)58)45-20-7-10-23-50(45)57(53)42-30-32-43(33-31-42)59-52-25-12-9-22-49(52)56-55(59)40-16-5-2-6-17-40/h1-36H. The van der Waals surface area contributed by atoms with Gasteiger partial charge >= 0.3 is 0 Å². The fourth-order valence-electron chi connectivity index (χ4n) is 9.12. The van der Waals surface area contributed by atoms with Gasteiger partial charge in [0, 0.05) is 44.2 Å². The van der Waals surface area contributed by atoms with Crippen LogP contribution in [0.3, 0.4) is 0 Å². The van der Waals surface area contributed by atoms with Gasteiger partial charge in [0.15, 0.2) is 0 Å². The summed E-state index contributed by atoms with van der Waals surface area (Å²) in [6.07, 6.45) is 0. The number of benzene rings is 9. The van der Waals surface area contributed by atoms with E-state index in [0.717, 1.165) is 39.5 Å². The van der Waals surface area contributed by atoms with Crippen LogP contribution in [-0.4, -0.2) is 18.7 Å². The number of para-hydroxylation sites is 4. The summed E-state index contributed by atoms with van der Waals surface area (Å²) in [5, 5.41) is 4.91. The van der Waals surface area contributed by atoms with Crippen molar-refractivity contribution in [2.75, 3.05) is 0 Å². The van der Waals surface area contributed by atoms with Gasteiger partial charge in [-0.15, -0.1) is 0 Å². The number of fused-ring (bicyclic) bond motifs is 7. The minimum Gasteiger partial charge on any atom is -0.309 e. The first-order valence-corrected chi connectivity index (χ1v) is 20.1. The summed E-state index contributed by atoms with van der Waals surface area (Å²) < 4.78 is 7.13. The molecule has 3 aromatic heterocycles. The molecule has 4 nitrogen and oxygen atoms in total. The maximum Gasteiger partial charge on any atom is 0.145 e. The Morgan fingerprint density at radius 1 is 0.254 bits per heavy atom. The molecule has 0 amide bonds. The average Bonchev–Trinajstić information content (AvgIpc) is 3.97. The van der Waals surface area contributed by atoms with E-state index in [1.807, 2.05) is 6.07 Å². The minimum atomic E-state index is 0.932. The highest BCUT2D eigenvalue weighted by Crippen LogP contribution is 2.40. The Bertz CT molecular complexity index is 3520. The Kier molecular flexibility index (Phi) is 7.50. The lowest BCUT2D eigenvalue weighted by molar-refractivity contribution is 1.09. The van der Waals surface area contributed by atoms with Crippen LogP contribution < -0.4 is 0 Å². The first kappa shape index (κ1) is 33.2. The van der Waals surface area contributed by atoms with Crippen molar-refractivity contribution in [1.82, 2.24) is 18.7 Å². The van der Waals surface area contributed by atoms with Gasteiger partial charge in [-0.2, -0.15) is 0 Å². The number of hydrogen-bond donors (Lipinski definition) is 0. The summed E-state index contributed by atoms with van der Waals surface area (Å²) in [5.74, 6) is 0.932. The molecule has 0 saturated carbocycles. The van der Waals surface area contributed by atoms with E-state index in [-0.39, 0.29) is 0 Å². The summed E-state index contributed by atoms with van der Waals surface area (Å²) in [5.41, 5.74) is 16.0. The fourth-order valence-corrected chi connectivity index (χ4v) is 9.12. The second-order valence-corrected chi connectivity index (χ2v) is 15.2. The van der Waals surface area contributed by atoms with Crippen molar-refractivity contribution in [3.63, 3.8) is 0 Å². The van der Waals surface area contributed by atoms with E-state index < -0.39 is 0 Å². The summed E-state index contributed by atoms with van der Waals surface area (Å²) in [6.45, 7) is 0. The van der Waals surface area contributed by atoms with Gasteiger partial charge in [0.1, 0.15) is 5.82 Å². The summed E-state index contributed by atoms with van der Waals surface area (Å²) in [4.78, 5) is 5.08. The quantitative estimate of drug-likeness (QED) is 0.166. The van der Waals surface area contributed by atoms with Gasteiger partial charge in [0.25, 0.3) is 0 Å². The molecule has 0 N–H and O–H groups in total. The molecule has 0 unspecified atom stereocenters. The molecule has 9 aromatic carbocycles. The van der Waals surface area contributed by atoms with Crippen LogP contribution in [0.25, 0.3) is 105 Å². The Labute approximate surface area is 341 Å². The summed E-state index contributed by atoms with van der Waals surface area (Å²) in [7, 11) is 0. The monoisotopic (exact) mass is 752 g/mol. The van der Waals surface area contributed by atoms with Gasteiger partial charge in [-0.1, -0.05) is 146 Å². The van der Waals surface area contributed by atoms with Crippen LogP contribution in [0.1, 0.15) is 0 Å². The molecule has 0 aliphatic heterocycles. The molecule has 0 radical (unpaired) electrons. The number of rotatable bonds is 6.